The number of benzene rings is 2. The van der Waals surface area contributed by atoms with Crippen LogP contribution >= 0.6 is 0 Å². The summed E-state index contributed by atoms with van der Waals surface area (Å²) in [6, 6.07) is 20.5. The van der Waals surface area contributed by atoms with Crippen LogP contribution in [0.15, 0.2) is 60.7 Å². The topological polar surface area (TPSA) is 54.3 Å². The average molecular weight is 377 g/mol. The Bertz CT molecular complexity index is 930. The maximum absolute atomic E-state index is 11.9. The number of nitrogens with zero attached hydrogens (tertiary/aromatic N) is 1. The molecule has 28 heavy (non-hydrogen) atoms. The van der Waals surface area contributed by atoms with E-state index < -0.39 is 5.97 Å². The minimum atomic E-state index is -0.861. The molecular weight excluding hydrogens is 348 g/mol. The molecule has 0 amide bonds. The lowest BCUT2D eigenvalue weighted by atomic mass is 10.0. The Morgan fingerprint density at radius 3 is 2.21 bits per heavy atom. The van der Waals surface area contributed by atoms with Gasteiger partial charge in [-0.2, -0.15) is 0 Å². The minimum Gasteiger partial charge on any atom is -0.478 e. The predicted molar refractivity (Wildman–Crippen MR) is 113 cm³/mol. The lowest BCUT2D eigenvalue weighted by Crippen LogP contribution is -2.21. The molecule has 3 rings (SSSR count). The highest BCUT2D eigenvalue weighted by molar-refractivity contribution is 5.91. The number of nitrogens with one attached hydrogen (secondary N) is 1. The summed E-state index contributed by atoms with van der Waals surface area (Å²) >= 11 is 0. The largest absolute Gasteiger partial charge is 0.478 e. The molecule has 2 N–H and O–H groups in total. The van der Waals surface area contributed by atoms with Crippen molar-refractivity contribution in [2.75, 3.05) is 6.54 Å². The van der Waals surface area contributed by atoms with Crippen LogP contribution in [0.4, 0.5) is 0 Å². The van der Waals surface area contributed by atoms with E-state index in [0.717, 1.165) is 29.1 Å². The van der Waals surface area contributed by atoms with Crippen molar-refractivity contribution in [2.24, 2.45) is 0 Å². The molecule has 146 valence electrons. The van der Waals surface area contributed by atoms with Crippen LogP contribution in [0, 0.1) is 13.8 Å². The first-order valence-corrected chi connectivity index (χ1v) is 9.70. The van der Waals surface area contributed by atoms with Gasteiger partial charge in [-0.25, -0.2) is 4.79 Å². The van der Waals surface area contributed by atoms with E-state index in [1.807, 2.05) is 50.2 Å². The van der Waals surface area contributed by atoms with Crippen molar-refractivity contribution < 1.29 is 9.90 Å². The van der Waals surface area contributed by atoms with Gasteiger partial charge in [0.1, 0.15) is 0 Å². The Hall–Kier alpha value is -2.85. The molecule has 0 spiro atoms. The molecule has 0 unspecified atom stereocenters. The highest BCUT2D eigenvalue weighted by Crippen LogP contribution is 2.24. The van der Waals surface area contributed by atoms with E-state index in [-0.39, 0.29) is 0 Å². The number of hydrogen-bond acceptors (Lipinski definition) is 2. The van der Waals surface area contributed by atoms with Crippen molar-refractivity contribution in [1.82, 2.24) is 9.88 Å². The molecule has 2 aromatic carbocycles. The zero-order valence-corrected chi connectivity index (χ0v) is 16.8. The van der Waals surface area contributed by atoms with Gasteiger partial charge in [-0.1, -0.05) is 67.6 Å². The van der Waals surface area contributed by atoms with Crippen LogP contribution in [-0.2, 0) is 13.1 Å². The average Bonchev–Trinajstić information content (AvgIpc) is 2.94. The van der Waals surface area contributed by atoms with Crippen LogP contribution in [0.2, 0.25) is 0 Å². The van der Waals surface area contributed by atoms with Crippen molar-refractivity contribution in [2.45, 2.75) is 39.8 Å². The van der Waals surface area contributed by atoms with E-state index in [9.17, 15) is 9.90 Å². The van der Waals surface area contributed by atoms with Crippen LogP contribution in [0.25, 0.3) is 0 Å². The quantitative estimate of drug-likeness (QED) is 0.597. The summed E-state index contributed by atoms with van der Waals surface area (Å²) in [4.78, 5) is 11.9. The first-order valence-electron chi connectivity index (χ1n) is 9.70. The minimum absolute atomic E-state index is 0.363. The normalized spacial score (nSPS) is 12.1. The Morgan fingerprint density at radius 1 is 1.00 bits per heavy atom. The van der Waals surface area contributed by atoms with Crippen LogP contribution in [0.5, 0.6) is 0 Å². The van der Waals surface area contributed by atoms with Crippen molar-refractivity contribution in [3.63, 3.8) is 0 Å². The molecule has 0 aliphatic carbocycles. The van der Waals surface area contributed by atoms with Crippen molar-refractivity contribution in [3.8, 4) is 0 Å². The maximum Gasteiger partial charge on any atom is 0.337 e. The molecule has 3 aromatic rings. The first kappa shape index (κ1) is 19.9. The molecule has 0 bridgehead atoms. The molecule has 0 radical (unpaired) electrons. The number of aromatic nitrogens is 1. The molecule has 4 heteroatoms. The summed E-state index contributed by atoms with van der Waals surface area (Å²) in [5.74, 6) is -0.498. The summed E-state index contributed by atoms with van der Waals surface area (Å²) in [5.41, 5.74) is 5.57. The second-order valence-electron chi connectivity index (χ2n) is 7.34. The Labute approximate surface area is 166 Å². The smallest absolute Gasteiger partial charge is 0.337 e. The molecule has 1 heterocycles. The number of rotatable bonds is 8. The molecule has 0 aliphatic heterocycles. The number of carboxylic acids is 1. The number of aromatic carboxylic acids is 1. The van der Waals surface area contributed by atoms with Gasteiger partial charge in [0.2, 0.25) is 0 Å². The highest BCUT2D eigenvalue weighted by atomic mass is 16.4. The third-order valence-electron chi connectivity index (χ3n) is 5.43. The fourth-order valence-corrected chi connectivity index (χ4v) is 3.77. The molecule has 0 saturated carbocycles. The molecular formula is C24H28N2O2. The van der Waals surface area contributed by atoms with E-state index in [1.54, 1.807) is 0 Å². The third kappa shape index (κ3) is 4.34. The fraction of sp³-hybridized carbons (Fsp3) is 0.292. The lowest BCUT2D eigenvalue weighted by Gasteiger charge is -2.14. The molecule has 0 aliphatic rings. The molecule has 1 aromatic heterocycles. The van der Waals surface area contributed by atoms with Crippen molar-refractivity contribution in [3.05, 3.63) is 94.3 Å². The molecule has 0 saturated heterocycles. The van der Waals surface area contributed by atoms with Gasteiger partial charge in [-0.05, 0) is 30.9 Å². The number of hydrogen-bond donors (Lipinski definition) is 2. The standard InChI is InChI=1S/C24H28N2O2/c1-17(21-12-8-5-9-13-21)14-25-15-22-18(2)26(19(3)23(22)24(27)28)16-20-10-6-4-7-11-20/h4-13,17,25H,14-16H2,1-3H3,(H,27,28)/t17-/m0/s1. The number of carbonyl (C=O) groups is 1. The monoisotopic (exact) mass is 376 g/mol. The maximum atomic E-state index is 11.9. The van der Waals surface area contributed by atoms with Gasteiger partial charge >= 0.3 is 5.97 Å². The van der Waals surface area contributed by atoms with E-state index in [2.05, 4.69) is 41.1 Å². The van der Waals surface area contributed by atoms with Crippen molar-refractivity contribution >= 4 is 5.97 Å². The lowest BCUT2D eigenvalue weighted by molar-refractivity contribution is 0.0694. The number of carboxylic acid groups (broad SMARTS) is 1. The third-order valence-corrected chi connectivity index (χ3v) is 5.43. The predicted octanol–water partition coefficient (Wildman–Crippen LogP) is 4.74. The summed E-state index contributed by atoms with van der Waals surface area (Å²) in [6.45, 7) is 8.12. The van der Waals surface area contributed by atoms with Gasteiger partial charge in [0.25, 0.3) is 0 Å². The van der Waals surface area contributed by atoms with Gasteiger partial charge in [-0.3, -0.25) is 0 Å². The van der Waals surface area contributed by atoms with Crippen LogP contribution in [0.3, 0.4) is 0 Å². The van der Waals surface area contributed by atoms with Crippen LogP contribution < -0.4 is 5.32 Å². The van der Waals surface area contributed by atoms with E-state index in [1.165, 1.54) is 5.56 Å². The van der Waals surface area contributed by atoms with Gasteiger partial charge in [0.05, 0.1) is 5.56 Å². The van der Waals surface area contributed by atoms with E-state index in [0.29, 0.717) is 24.6 Å². The Morgan fingerprint density at radius 2 is 1.61 bits per heavy atom. The molecule has 4 nitrogen and oxygen atoms in total. The van der Waals surface area contributed by atoms with Crippen molar-refractivity contribution in [1.29, 1.82) is 0 Å². The van der Waals surface area contributed by atoms with Gasteiger partial charge in [0.15, 0.2) is 0 Å². The first-order chi connectivity index (χ1) is 13.5. The Balaban J connectivity index is 1.78. The zero-order chi connectivity index (χ0) is 20.1. The molecule has 0 fully saturated rings. The SMILES string of the molecule is Cc1c(CNC[C@H](C)c2ccccc2)c(C(=O)O)c(C)n1Cc1ccccc1. The second-order valence-corrected chi connectivity index (χ2v) is 7.34. The molecule has 1 atom stereocenters. The van der Waals surface area contributed by atoms with Gasteiger partial charge < -0.3 is 15.0 Å². The Kier molecular flexibility index (Phi) is 6.32. The van der Waals surface area contributed by atoms with E-state index in [4.69, 9.17) is 0 Å². The zero-order valence-electron chi connectivity index (χ0n) is 16.8. The summed E-state index contributed by atoms with van der Waals surface area (Å²) in [7, 11) is 0. The summed E-state index contributed by atoms with van der Waals surface area (Å²) < 4.78 is 2.11. The summed E-state index contributed by atoms with van der Waals surface area (Å²) in [6.07, 6.45) is 0. The highest BCUT2D eigenvalue weighted by Gasteiger charge is 2.22. The van der Waals surface area contributed by atoms with Crippen LogP contribution in [0.1, 0.15) is 51.3 Å². The van der Waals surface area contributed by atoms with Gasteiger partial charge in [-0.15, -0.1) is 0 Å². The fourth-order valence-electron chi connectivity index (χ4n) is 3.77. The second kappa shape index (κ2) is 8.89. The van der Waals surface area contributed by atoms with Gasteiger partial charge in [0, 0.05) is 36.6 Å². The van der Waals surface area contributed by atoms with Crippen LogP contribution in [-0.4, -0.2) is 22.2 Å². The van der Waals surface area contributed by atoms with E-state index >= 15 is 0 Å². The summed E-state index contributed by atoms with van der Waals surface area (Å²) in [5, 5.41) is 13.3.